The van der Waals surface area contributed by atoms with E-state index in [-0.39, 0.29) is 12.7 Å². The van der Waals surface area contributed by atoms with E-state index in [1.54, 1.807) is 0 Å². The second kappa shape index (κ2) is 12.9. The van der Waals surface area contributed by atoms with Gasteiger partial charge in [0.15, 0.2) is 25.0 Å². The summed E-state index contributed by atoms with van der Waals surface area (Å²) < 4.78 is 30.6. The number of hydrogen-bond donors (Lipinski definition) is 0. The van der Waals surface area contributed by atoms with E-state index in [0.29, 0.717) is 12.5 Å². The Labute approximate surface area is 205 Å². The van der Waals surface area contributed by atoms with Crippen LogP contribution in [0.4, 0.5) is 0 Å². The lowest BCUT2D eigenvalue weighted by Gasteiger charge is -2.42. The molecule has 0 aromatic carbocycles. The highest BCUT2D eigenvalue weighted by Crippen LogP contribution is 2.30. The molecule has 1 aliphatic carbocycles. The Morgan fingerprint density at radius 3 is 1.64 bits per heavy atom. The second-order valence-electron chi connectivity index (χ2n) is 11.6. The minimum Gasteiger partial charge on any atom is -0.463 e. The number of esters is 2. The van der Waals surface area contributed by atoms with Gasteiger partial charge in [-0.1, -0.05) is 6.42 Å². The van der Waals surface area contributed by atoms with Crippen molar-refractivity contribution in [3.05, 3.63) is 12.2 Å². The van der Waals surface area contributed by atoms with E-state index in [0.717, 1.165) is 37.8 Å². The van der Waals surface area contributed by atoms with Crippen LogP contribution in [-0.2, 0) is 31.4 Å². The van der Waals surface area contributed by atoms with E-state index in [2.05, 4.69) is 58.9 Å². The molecule has 1 rings (SSSR count). The van der Waals surface area contributed by atoms with Crippen molar-refractivity contribution >= 4 is 45.7 Å². The lowest BCUT2D eigenvalue weighted by Crippen LogP contribution is -2.60. The molecule has 0 N–H and O–H groups in total. The molecule has 33 heavy (non-hydrogen) atoms. The number of hydrogen-bond acceptors (Lipinski definition) is 7. The molecule has 0 amide bonds. The first-order chi connectivity index (χ1) is 15.0. The summed E-state index contributed by atoms with van der Waals surface area (Å²) in [5, 5.41) is 0. The van der Waals surface area contributed by atoms with Crippen molar-refractivity contribution in [2.24, 2.45) is 0 Å². The Morgan fingerprint density at radius 1 is 0.727 bits per heavy atom. The zero-order chi connectivity index (χ0) is 25.3. The van der Waals surface area contributed by atoms with Crippen LogP contribution in [0.25, 0.3) is 0 Å². The molecule has 0 unspecified atom stereocenters. The Hall–Kier alpha value is -0.572. The zero-order valence-corrected chi connectivity index (χ0v) is 26.2. The van der Waals surface area contributed by atoms with Gasteiger partial charge in [-0.2, -0.15) is 0 Å². The van der Waals surface area contributed by atoms with Gasteiger partial charge in [-0.25, -0.2) is 9.59 Å². The van der Waals surface area contributed by atoms with Crippen molar-refractivity contribution in [3.63, 3.8) is 0 Å². The van der Waals surface area contributed by atoms with E-state index in [9.17, 15) is 9.59 Å². The maximum Gasteiger partial charge on any atom is 0.469 e. The molecule has 1 saturated carbocycles. The van der Waals surface area contributed by atoms with Crippen LogP contribution in [0.15, 0.2) is 12.2 Å². The molecule has 1 aliphatic rings. The van der Waals surface area contributed by atoms with Crippen LogP contribution in [0.3, 0.4) is 0 Å². The molecular formula is C22H46O7Si4. The average Bonchev–Trinajstić information content (AvgIpc) is 2.60. The summed E-state index contributed by atoms with van der Waals surface area (Å²) in [6.45, 7) is 19.5. The standard InChI is InChI=1S/C22H46O7Si4/c1-30(2,3)27-33(28-31(4,5)6,29-32(7,8)9)19-13-18-25-21(23)16-17-22(24)26-20-14-11-10-12-15-20/h16-17,20H,10-15,18-19H2,1-9H3/b17-16+. The van der Waals surface area contributed by atoms with Crippen molar-refractivity contribution < 1.29 is 31.4 Å². The zero-order valence-electron chi connectivity index (χ0n) is 22.2. The Bertz CT molecular complexity index is 616. The highest BCUT2D eigenvalue weighted by Gasteiger charge is 2.49. The van der Waals surface area contributed by atoms with Crippen molar-refractivity contribution in [1.29, 1.82) is 0 Å². The van der Waals surface area contributed by atoms with Gasteiger partial charge < -0.3 is 21.8 Å². The van der Waals surface area contributed by atoms with Crippen LogP contribution in [0.5, 0.6) is 0 Å². The highest BCUT2D eigenvalue weighted by molar-refractivity contribution is 6.90. The first-order valence-corrected chi connectivity index (χ1v) is 24.3. The quantitative estimate of drug-likeness (QED) is 0.127. The number of ether oxygens (including phenoxy) is 2. The Morgan fingerprint density at radius 2 is 1.18 bits per heavy atom. The topological polar surface area (TPSA) is 80.3 Å². The summed E-state index contributed by atoms with van der Waals surface area (Å²) in [6.07, 6.45) is 8.00. The lowest BCUT2D eigenvalue weighted by molar-refractivity contribution is -0.145. The summed E-state index contributed by atoms with van der Waals surface area (Å²) >= 11 is 0. The highest BCUT2D eigenvalue weighted by atomic mass is 28.5. The van der Waals surface area contributed by atoms with Gasteiger partial charge in [-0.15, -0.1) is 0 Å². The molecule has 0 heterocycles. The van der Waals surface area contributed by atoms with Gasteiger partial charge in [0.1, 0.15) is 6.10 Å². The fraction of sp³-hybridized carbons (Fsp3) is 0.818. The average molecular weight is 535 g/mol. The van der Waals surface area contributed by atoms with E-state index in [1.165, 1.54) is 6.42 Å². The largest absolute Gasteiger partial charge is 0.469 e. The van der Waals surface area contributed by atoms with E-state index >= 15 is 0 Å². The number of carbonyl (C=O) groups excluding carboxylic acids is 2. The molecule has 0 saturated heterocycles. The van der Waals surface area contributed by atoms with Crippen LogP contribution in [0.1, 0.15) is 38.5 Å². The molecule has 0 spiro atoms. The van der Waals surface area contributed by atoms with E-state index < -0.39 is 45.7 Å². The summed E-state index contributed by atoms with van der Waals surface area (Å²) in [7, 11) is -8.73. The molecule has 0 aliphatic heterocycles. The van der Waals surface area contributed by atoms with Crippen molar-refractivity contribution in [2.75, 3.05) is 6.61 Å². The minimum atomic E-state index is -2.93. The van der Waals surface area contributed by atoms with Gasteiger partial charge >= 0.3 is 20.7 Å². The Balaban J connectivity index is 2.65. The molecule has 7 nitrogen and oxygen atoms in total. The van der Waals surface area contributed by atoms with Crippen LogP contribution in [-0.4, -0.2) is 58.4 Å². The first kappa shape index (κ1) is 30.5. The Kier molecular flexibility index (Phi) is 11.9. The smallest absolute Gasteiger partial charge is 0.463 e. The number of carbonyl (C=O) groups is 2. The molecule has 11 heteroatoms. The van der Waals surface area contributed by atoms with Crippen LogP contribution < -0.4 is 0 Å². The van der Waals surface area contributed by atoms with Gasteiger partial charge in [0.05, 0.1) is 6.61 Å². The fourth-order valence-electron chi connectivity index (χ4n) is 3.65. The molecular weight excluding hydrogens is 489 g/mol. The van der Waals surface area contributed by atoms with Gasteiger partial charge in [0.25, 0.3) is 0 Å². The van der Waals surface area contributed by atoms with Crippen LogP contribution in [0.2, 0.25) is 65.0 Å². The number of rotatable bonds is 13. The predicted molar refractivity (Wildman–Crippen MR) is 142 cm³/mol. The molecule has 192 valence electrons. The third-order valence-corrected chi connectivity index (χ3v) is 16.5. The normalized spacial score (nSPS) is 16.8. The molecule has 0 aromatic rings. The molecule has 0 bridgehead atoms. The molecule has 0 aromatic heterocycles. The lowest BCUT2D eigenvalue weighted by atomic mass is 9.98. The first-order valence-electron chi connectivity index (χ1n) is 12.1. The second-order valence-corrected chi connectivity index (χ2v) is 28.6. The minimum absolute atomic E-state index is 0.0332. The van der Waals surface area contributed by atoms with Crippen LogP contribution >= 0.6 is 0 Å². The third kappa shape index (κ3) is 15.1. The summed E-state index contributed by atoms with van der Waals surface area (Å²) in [5.41, 5.74) is 0. The van der Waals surface area contributed by atoms with Gasteiger partial charge in [-0.3, -0.25) is 0 Å². The molecule has 1 fully saturated rings. The van der Waals surface area contributed by atoms with E-state index in [1.807, 2.05) is 0 Å². The maximum atomic E-state index is 12.1. The SMILES string of the molecule is C[Si](C)(C)O[Si](CCCOC(=O)/C=C/C(=O)OC1CCCCC1)(O[Si](C)(C)C)O[Si](C)(C)C. The monoisotopic (exact) mass is 534 g/mol. The molecule has 0 radical (unpaired) electrons. The van der Waals surface area contributed by atoms with Crippen molar-refractivity contribution in [2.45, 2.75) is 110 Å². The third-order valence-electron chi connectivity index (χ3n) is 4.45. The van der Waals surface area contributed by atoms with Gasteiger partial charge in [0, 0.05) is 18.2 Å². The van der Waals surface area contributed by atoms with Gasteiger partial charge in [-0.05, 0) is 91.0 Å². The van der Waals surface area contributed by atoms with Gasteiger partial charge in [0.2, 0.25) is 0 Å². The molecule has 0 atom stereocenters. The van der Waals surface area contributed by atoms with Crippen molar-refractivity contribution in [3.8, 4) is 0 Å². The maximum absolute atomic E-state index is 12.1. The van der Waals surface area contributed by atoms with Crippen molar-refractivity contribution in [1.82, 2.24) is 0 Å². The summed E-state index contributed by atoms with van der Waals surface area (Å²) in [6, 6.07) is 0.604. The fourth-order valence-corrected chi connectivity index (χ4v) is 18.3. The summed E-state index contributed by atoms with van der Waals surface area (Å²) in [4.78, 5) is 24.0. The van der Waals surface area contributed by atoms with Crippen LogP contribution in [0, 0.1) is 0 Å². The summed E-state index contributed by atoms with van der Waals surface area (Å²) in [5.74, 6) is -1.04. The predicted octanol–water partition coefficient (Wildman–Crippen LogP) is 5.85. The van der Waals surface area contributed by atoms with E-state index in [4.69, 9.17) is 21.8 Å².